The topological polar surface area (TPSA) is 67.2 Å². The molecule has 3 rings (SSSR count). The summed E-state index contributed by atoms with van der Waals surface area (Å²) in [6.07, 6.45) is 7.68. The monoisotopic (exact) mass is 329 g/mol. The molecule has 1 unspecified atom stereocenters. The summed E-state index contributed by atoms with van der Waals surface area (Å²) in [5.41, 5.74) is 1.70. The molecule has 1 aliphatic carbocycles. The summed E-state index contributed by atoms with van der Waals surface area (Å²) in [7, 11) is 0. The van der Waals surface area contributed by atoms with Crippen molar-refractivity contribution in [1.82, 2.24) is 14.9 Å². The zero-order valence-corrected chi connectivity index (χ0v) is 14.4. The molecule has 5 nitrogen and oxygen atoms in total. The van der Waals surface area contributed by atoms with Gasteiger partial charge in [-0.25, -0.2) is 4.98 Å². The van der Waals surface area contributed by atoms with E-state index in [1.165, 1.54) is 32.1 Å². The Morgan fingerprint density at radius 3 is 2.62 bits per heavy atom. The minimum atomic E-state index is -0.702. The van der Waals surface area contributed by atoms with Gasteiger partial charge in [0.2, 0.25) is 5.91 Å². The van der Waals surface area contributed by atoms with Crippen LogP contribution >= 0.6 is 0 Å². The lowest BCUT2D eigenvalue weighted by Gasteiger charge is -2.21. The Kier molecular flexibility index (Phi) is 5.51. The number of nitrogens with zero attached hydrogens (tertiary/aromatic N) is 2. The molecule has 1 aromatic heterocycles. The Hall–Kier alpha value is -1.88. The Labute approximate surface area is 143 Å². The molecule has 24 heavy (non-hydrogen) atoms. The van der Waals surface area contributed by atoms with Crippen molar-refractivity contribution >= 4 is 16.9 Å². The number of carbonyl (C=O) groups excluding carboxylic acids is 1. The van der Waals surface area contributed by atoms with Gasteiger partial charge in [-0.05, 0) is 31.9 Å². The molecule has 1 atom stereocenters. The fraction of sp³-hybridized carbons (Fsp3) is 0.579. The van der Waals surface area contributed by atoms with E-state index >= 15 is 0 Å². The number of amides is 1. The first-order valence-electron chi connectivity index (χ1n) is 9.08. The molecule has 0 radical (unpaired) electrons. The van der Waals surface area contributed by atoms with Crippen LogP contribution in [-0.2, 0) is 11.3 Å². The normalized spacial score (nSPS) is 18.1. The zero-order valence-electron chi connectivity index (χ0n) is 14.4. The number of nitrogens with one attached hydrogen (secondary N) is 1. The summed E-state index contributed by atoms with van der Waals surface area (Å²) < 4.78 is 1.83. The van der Waals surface area contributed by atoms with E-state index in [4.69, 9.17) is 0 Å². The van der Waals surface area contributed by atoms with Gasteiger partial charge < -0.3 is 15.0 Å². The van der Waals surface area contributed by atoms with E-state index < -0.39 is 6.10 Å². The van der Waals surface area contributed by atoms with Crippen molar-refractivity contribution in [3.8, 4) is 0 Å². The number of hydrogen-bond donors (Lipinski definition) is 2. The van der Waals surface area contributed by atoms with Gasteiger partial charge in [0.25, 0.3) is 0 Å². The third-order valence-electron chi connectivity index (χ3n) is 4.83. The van der Waals surface area contributed by atoms with E-state index in [0.29, 0.717) is 5.82 Å². The molecule has 2 aromatic rings. The van der Waals surface area contributed by atoms with Crippen molar-refractivity contribution in [2.45, 2.75) is 70.6 Å². The fourth-order valence-electron chi connectivity index (χ4n) is 3.60. The number of benzene rings is 1. The van der Waals surface area contributed by atoms with Gasteiger partial charge in [-0.2, -0.15) is 0 Å². The molecule has 1 aliphatic rings. The highest BCUT2D eigenvalue weighted by Gasteiger charge is 2.19. The Morgan fingerprint density at radius 2 is 1.92 bits per heavy atom. The van der Waals surface area contributed by atoms with Gasteiger partial charge in [-0.1, -0.05) is 44.2 Å². The van der Waals surface area contributed by atoms with E-state index in [9.17, 15) is 9.90 Å². The number of aliphatic hydroxyl groups is 1. The van der Waals surface area contributed by atoms with Crippen LogP contribution in [0.2, 0.25) is 0 Å². The highest BCUT2D eigenvalue weighted by atomic mass is 16.3. The zero-order chi connectivity index (χ0) is 16.9. The maximum absolute atomic E-state index is 12.6. The number of hydrogen-bond acceptors (Lipinski definition) is 3. The number of aromatic nitrogens is 2. The second-order valence-electron chi connectivity index (χ2n) is 6.83. The second kappa shape index (κ2) is 7.79. The molecule has 2 N–H and O–H groups in total. The van der Waals surface area contributed by atoms with Crippen LogP contribution < -0.4 is 5.32 Å². The van der Waals surface area contributed by atoms with Crippen molar-refractivity contribution < 1.29 is 9.90 Å². The van der Waals surface area contributed by atoms with Crippen LogP contribution in [0.5, 0.6) is 0 Å². The maximum atomic E-state index is 12.6. The summed E-state index contributed by atoms with van der Waals surface area (Å²) >= 11 is 0. The van der Waals surface area contributed by atoms with Gasteiger partial charge in [-0.3, -0.25) is 4.79 Å². The summed E-state index contributed by atoms with van der Waals surface area (Å²) in [4.78, 5) is 17.0. The Bertz CT molecular complexity index is 685. The van der Waals surface area contributed by atoms with E-state index in [2.05, 4.69) is 10.3 Å². The number of rotatable bonds is 4. The highest BCUT2D eigenvalue weighted by Crippen LogP contribution is 2.21. The second-order valence-corrected chi connectivity index (χ2v) is 6.83. The van der Waals surface area contributed by atoms with E-state index in [1.807, 2.05) is 28.8 Å². The lowest BCUT2D eigenvalue weighted by atomic mass is 9.97. The van der Waals surface area contributed by atoms with Crippen molar-refractivity contribution in [2.75, 3.05) is 0 Å². The Balaban J connectivity index is 1.73. The van der Waals surface area contributed by atoms with Crippen LogP contribution in [0.3, 0.4) is 0 Å². The molecule has 1 saturated carbocycles. The number of carbonyl (C=O) groups is 1. The van der Waals surface area contributed by atoms with Crippen LogP contribution in [-0.4, -0.2) is 26.6 Å². The van der Waals surface area contributed by atoms with Gasteiger partial charge >= 0.3 is 0 Å². The number of aliphatic hydroxyl groups excluding tert-OH is 1. The van der Waals surface area contributed by atoms with E-state index in [0.717, 1.165) is 23.9 Å². The number of para-hydroxylation sites is 2. The first-order valence-corrected chi connectivity index (χ1v) is 9.08. The summed E-state index contributed by atoms with van der Waals surface area (Å²) in [5, 5.41) is 13.2. The molecular weight excluding hydrogens is 302 g/mol. The predicted octanol–water partition coefficient (Wildman–Crippen LogP) is 3.32. The van der Waals surface area contributed by atoms with E-state index in [-0.39, 0.29) is 18.5 Å². The largest absolute Gasteiger partial charge is 0.385 e. The molecule has 1 amide bonds. The molecule has 0 aliphatic heterocycles. The molecule has 0 bridgehead atoms. The maximum Gasteiger partial charge on any atom is 0.240 e. The molecule has 0 spiro atoms. The minimum Gasteiger partial charge on any atom is -0.385 e. The number of fused-ring (bicyclic) bond motifs is 1. The SMILES string of the molecule is CC(O)c1nc2ccccc2n1CC(=O)NC1CCCCCCC1. The van der Waals surface area contributed by atoms with Gasteiger partial charge in [0.15, 0.2) is 0 Å². The summed E-state index contributed by atoms with van der Waals surface area (Å²) in [6, 6.07) is 7.98. The van der Waals surface area contributed by atoms with Crippen LogP contribution in [0.4, 0.5) is 0 Å². The average Bonchev–Trinajstić information content (AvgIpc) is 2.89. The van der Waals surface area contributed by atoms with Gasteiger partial charge in [0, 0.05) is 6.04 Å². The quantitative estimate of drug-likeness (QED) is 0.904. The third-order valence-corrected chi connectivity index (χ3v) is 4.83. The fourth-order valence-corrected chi connectivity index (χ4v) is 3.60. The molecule has 1 fully saturated rings. The van der Waals surface area contributed by atoms with Gasteiger partial charge in [-0.15, -0.1) is 0 Å². The predicted molar refractivity (Wildman–Crippen MR) is 94.6 cm³/mol. The lowest BCUT2D eigenvalue weighted by Crippen LogP contribution is -2.37. The van der Waals surface area contributed by atoms with Crippen molar-refractivity contribution in [3.05, 3.63) is 30.1 Å². The van der Waals surface area contributed by atoms with E-state index in [1.54, 1.807) is 6.92 Å². The summed E-state index contributed by atoms with van der Waals surface area (Å²) in [5.74, 6) is 0.551. The molecular formula is C19H27N3O2. The minimum absolute atomic E-state index is 0.00521. The summed E-state index contributed by atoms with van der Waals surface area (Å²) in [6.45, 7) is 1.89. The molecule has 1 heterocycles. The standard InChI is InChI=1S/C19H27N3O2/c1-14(23)19-21-16-11-7-8-12-17(16)22(19)13-18(24)20-15-9-5-3-2-4-6-10-15/h7-8,11-12,14-15,23H,2-6,9-10,13H2,1H3,(H,20,24). The van der Waals surface area contributed by atoms with Crippen LogP contribution in [0.1, 0.15) is 63.8 Å². The van der Waals surface area contributed by atoms with Crippen molar-refractivity contribution in [1.29, 1.82) is 0 Å². The first kappa shape index (κ1) is 17.0. The molecule has 5 heteroatoms. The molecule has 0 saturated heterocycles. The van der Waals surface area contributed by atoms with Gasteiger partial charge in [0.05, 0.1) is 11.0 Å². The van der Waals surface area contributed by atoms with Gasteiger partial charge in [0.1, 0.15) is 18.5 Å². The first-order chi connectivity index (χ1) is 11.6. The van der Waals surface area contributed by atoms with Crippen molar-refractivity contribution in [2.24, 2.45) is 0 Å². The Morgan fingerprint density at radius 1 is 1.25 bits per heavy atom. The lowest BCUT2D eigenvalue weighted by molar-refractivity contribution is -0.122. The molecule has 130 valence electrons. The molecule has 1 aromatic carbocycles. The number of imidazole rings is 1. The average molecular weight is 329 g/mol. The van der Waals surface area contributed by atoms with Crippen LogP contribution in [0.15, 0.2) is 24.3 Å². The highest BCUT2D eigenvalue weighted by molar-refractivity contribution is 5.81. The van der Waals surface area contributed by atoms with Crippen LogP contribution in [0.25, 0.3) is 11.0 Å². The third kappa shape index (κ3) is 3.96. The van der Waals surface area contributed by atoms with Crippen molar-refractivity contribution in [3.63, 3.8) is 0 Å². The smallest absolute Gasteiger partial charge is 0.240 e. The van der Waals surface area contributed by atoms with Crippen LogP contribution in [0, 0.1) is 0 Å².